The van der Waals surface area contributed by atoms with Gasteiger partial charge in [-0.25, -0.2) is 0 Å². The summed E-state index contributed by atoms with van der Waals surface area (Å²) in [6.07, 6.45) is 6.19. The van der Waals surface area contributed by atoms with E-state index < -0.39 is 6.67 Å². The van der Waals surface area contributed by atoms with Crippen LogP contribution in [-0.4, -0.2) is 42.5 Å². The Morgan fingerprint density at radius 2 is 1.95 bits per heavy atom. The van der Waals surface area contributed by atoms with Gasteiger partial charge < -0.3 is 10.2 Å². The molecule has 1 saturated carbocycles. The normalized spacial score (nSPS) is 26.2. The molecule has 1 N–H and O–H groups in total. The van der Waals surface area contributed by atoms with Gasteiger partial charge in [-0.1, -0.05) is 19.3 Å². The summed E-state index contributed by atoms with van der Waals surface area (Å²) in [7, 11) is 0. The highest BCUT2D eigenvalue weighted by molar-refractivity contribution is 5.90. The van der Waals surface area contributed by atoms with Crippen LogP contribution in [0.2, 0.25) is 0 Å². The van der Waals surface area contributed by atoms with Crippen LogP contribution in [0.5, 0.6) is 0 Å². The molecule has 0 aromatic heterocycles. The molecule has 2 fully saturated rings. The van der Waals surface area contributed by atoms with Crippen LogP contribution in [0.4, 0.5) is 4.39 Å². The first-order valence-electron chi connectivity index (χ1n) is 7.36. The quantitative estimate of drug-likeness (QED) is 0.844. The Kier molecular flexibility index (Phi) is 5.16. The fourth-order valence-corrected chi connectivity index (χ4v) is 3.11. The highest BCUT2D eigenvalue weighted by Gasteiger charge is 2.35. The number of nitrogens with one attached hydrogen (secondary N) is 1. The number of nitrogens with zero attached hydrogens (tertiary/aromatic N) is 1. The molecule has 1 atom stereocenters. The smallest absolute Gasteiger partial charge is 0.245 e. The Morgan fingerprint density at radius 1 is 1.21 bits per heavy atom. The van der Waals surface area contributed by atoms with Crippen molar-refractivity contribution in [1.82, 2.24) is 10.2 Å². The van der Waals surface area contributed by atoms with E-state index in [4.69, 9.17) is 0 Å². The summed E-state index contributed by atoms with van der Waals surface area (Å²) < 4.78 is 12.3. The van der Waals surface area contributed by atoms with Crippen molar-refractivity contribution in [2.24, 2.45) is 5.92 Å². The van der Waals surface area contributed by atoms with Gasteiger partial charge in [-0.2, -0.15) is 0 Å². The van der Waals surface area contributed by atoms with Gasteiger partial charge in [0.05, 0.1) is 6.67 Å². The third kappa shape index (κ3) is 3.67. The van der Waals surface area contributed by atoms with E-state index in [1.54, 1.807) is 4.90 Å². The molecule has 1 unspecified atom stereocenters. The molecule has 108 valence electrons. The van der Waals surface area contributed by atoms with Crippen molar-refractivity contribution in [3.05, 3.63) is 0 Å². The van der Waals surface area contributed by atoms with Gasteiger partial charge in [-0.3, -0.25) is 14.0 Å². The Balaban J connectivity index is 2.04. The van der Waals surface area contributed by atoms with E-state index in [1.807, 2.05) is 0 Å². The van der Waals surface area contributed by atoms with Crippen LogP contribution in [0.15, 0.2) is 0 Å². The zero-order valence-electron chi connectivity index (χ0n) is 11.4. The average Bonchev–Trinajstić information content (AvgIpc) is 2.58. The van der Waals surface area contributed by atoms with Crippen molar-refractivity contribution in [3.8, 4) is 0 Å². The van der Waals surface area contributed by atoms with E-state index in [-0.39, 0.29) is 23.8 Å². The number of halogens is 1. The lowest BCUT2D eigenvalue weighted by atomic mass is 9.83. The van der Waals surface area contributed by atoms with Crippen LogP contribution < -0.4 is 5.32 Å². The van der Waals surface area contributed by atoms with E-state index in [2.05, 4.69) is 5.32 Å². The number of amides is 2. The third-order valence-corrected chi connectivity index (χ3v) is 4.19. The summed E-state index contributed by atoms with van der Waals surface area (Å²) in [4.78, 5) is 25.9. The second-order valence-electron chi connectivity index (χ2n) is 5.56. The minimum absolute atomic E-state index is 0.00815. The Hall–Kier alpha value is -1.13. The lowest BCUT2D eigenvalue weighted by Crippen LogP contribution is -2.49. The first kappa shape index (κ1) is 14.3. The first-order valence-corrected chi connectivity index (χ1v) is 7.36. The molecule has 4 nitrogen and oxygen atoms in total. The van der Waals surface area contributed by atoms with Crippen molar-refractivity contribution in [1.29, 1.82) is 0 Å². The summed E-state index contributed by atoms with van der Waals surface area (Å²) in [6.45, 7) is 0.431. The number of hydrogen-bond acceptors (Lipinski definition) is 2. The molecular formula is C14H23FN2O2. The van der Waals surface area contributed by atoms with Crippen molar-refractivity contribution in [2.75, 3.05) is 19.8 Å². The van der Waals surface area contributed by atoms with Gasteiger partial charge in [0.2, 0.25) is 11.8 Å². The summed E-state index contributed by atoms with van der Waals surface area (Å²) in [5, 5.41) is 2.88. The Morgan fingerprint density at radius 3 is 2.63 bits per heavy atom. The predicted molar refractivity (Wildman–Crippen MR) is 70.3 cm³/mol. The molecule has 1 heterocycles. The van der Waals surface area contributed by atoms with Gasteiger partial charge in [0.1, 0.15) is 6.04 Å². The topological polar surface area (TPSA) is 49.4 Å². The maximum absolute atomic E-state index is 12.5. The predicted octanol–water partition coefficient (Wildman–Crippen LogP) is 1.64. The second kappa shape index (κ2) is 6.87. The van der Waals surface area contributed by atoms with Gasteiger partial charge >= 0.3 is 0 Å². The van der Waals surface area contributed by atoms with Gasteiger partial charge in [0.25, 0.3) is 0 Å². The van der Waals surface area contributed by atoms with Crippen LogP contribution in [-0.2, 0) is 9.59 Å². The minimum Gasteiger partial charge on any atom is -0.344 e. The van der Waals surface area contributed by atoms with E-state index in [0.717, 1.165) is 25.7 Å². The van der Waals surface area contributed by atoms with Crippen LogP contribution >= 0.6 is 0 Å². The van der Waals surface area contributed by atoms with Crippen molar-refractivity contribution >= 4 is 11.8 Å². The molecule has 1 saturated heterocycles. The van der Waals surface area contributed by atoms with Gasteiger partial charge in [-0.15, -0.1) is 0 Å². The highest BCUT2D eigenvalue weighted by Crippen LogP contribution is 2.28. The highest BCUT2D eigenvalue weighted by atomic mass is 19.1. The molecule has 1 aliphatic heterocycles. The van der Waals surface area contributed by atoms with E-state index in [1.165, 1.54) is 6.42 Å². The average molecular weight is 270 g/mol. The maximum atomic E-state index is 12.5. The molecule has 0 aromatic carbocycles. The lowest BCUT2D eigenvalue weighted by Gasteiger charge is -2.31. The van der Waals surface area contributed by atoms with Crippen LogP contribution in [0.1, 0.15) is 44.9 Å². The van der Waals surface area contributed by atoms with Gasteiger partial charge in [0.15, 0.2) is 0 Å². The van der Waals surface area contributed by atoms with Gasteiger partial charge in [-0.05, 0) is 25.2 Å². The number of hydrogen-bond donors (Lipinski definition) is 1. The Bertz CT molecular complexity index is 329. The SMILES string of the molecule is O=C1CCN(CCCF)C(=O)C(C2CCCCC2)N1. The first-order chi connectivity index (χ1) is 9.22. The second-order valence-corrected chi connectivity index (χ2v) is 5.56. The molecule has 0 bridgehead atoms. The molecule has 19 heavy (non-hydrogen) atoms. The third-order valence-electron chi connectivity index (χ3n) is 4.19. The van der Waals surface area contributed by atoms with Crippen LogP contribution in [0.3, 0.4) is 0 Å². The molecule has 2 aliphatic rings. The van der Waals surface area contributed by atoms with E-state index in [0.29, 0.717) is 25.9 Å². The molecule has 0 radical (unpaired) electrons. The molecule has 2 amide bonds. The van der Waals surface area contributed by atoms with Gasteiger partial charge in [0, 0.05) is 19.5 Å². The number of carbonyl (C=O) groups excluding carboxylic acids is 2. The zero-order chi connectivity index (χ0) is 13.7. The Labute approximate surface area is 113 Å². The summed E-state index contributed by atoms with van der Waals surface area (Å²) in [5.41, 5.74) is 0. The number of alkyl halides is 1. The van der Waals surface area contributed by atoms with Crippen molar-refractivity contribution in [3.63, 3.8) is 0 Å². The molecule has 5 heteroatoms. The van der Waals surface area contributed by atoms with Crippen molar-refractivity contribution in [2.45, 2.75) is 51.0 Å². The monoisotopic (exact) mass is 270 g/mol. The molecule has 1 aliphatic carbocycles. The molecule has 0 spiro atoms. The summed E-state index contributed by atoms with van der Waals surface area (Å²) >= 11 is 0. The standard InChI is InChI=1S/C14H23FN2O2/c15-8-4-9-17-10-7-12(18)16-13(14(17)19)11-5-2-1-3-6-11/h11,13H,1-10H2,(H,16,18). The van der Waals surface area contributed by atoms with Crippen LogP contribution in [0.25, 0.3) is 0 Å². The largest absolute Gasteiger partial charge is 0.344 e. The maximum Gasteiger partial charge on any atom is 0.245 e. The fourth-order valence-electron chi connectivity index (χ4n) is 3.11. The number of rotatable bonds is 4. The number of carbonyl (C=O) groups is 2. The molecule has 0 aromatic rings. The fraction of sp³-hybridized carbons (Fsp3) is 0.857. The lowest BCUT2D eigenvalue weighted by molar-refractivity contribution is -0.135. The minimum atomic E-state index is -0.417. The van der Waals surface area contributed by atoms with Crippen molar-refractivity contribution < 1.29 is 14.0 Å². The van der Waals surface area contributed by atoms with E-state index in [9.17, 15) is 14.0 Å². The summed E-state index contributed by atoms with van der Waals surface area (Å²) in [6, 6.07) is -0.380. The van der Waals surface area contributed by atoms with E-state index >= 15 is 0 Å². The summed E-state index contributed by atoms with van der Waals surface area (Å²) in [5.74, 6) is 0.203. The zero-order valence-corrected chi connectivity index (χ0v) is 11.4. The van der Waals surface area contributed by atoms with Crippen LogP contribution in [0, 0.1) is 5.92 Å². The molecule has 2 rings (SSSR count). The molecular weight excluding hydrogens is 247 g/mol.